The molecular formula is C15H22ClNO2S. The molecule has 20 heavy (non-hydrogen) atoms. The Hall–Kier alpha value is -0.580. The van der Waals surface area contributed by atoms with Crippen LogP contribution in [0.5, 0.6) is 0 Å². The molecule has 1 aromatic rings. The minimum absolute atomic E-state index is 0.0727. The van der Waals surface area contributed by atoms with Crippen LogP contribution in [-0.2, 0) is 10.0 Å². The van der Waals surface area contributed by atoms with Crippen molar-refractivity contribution in [2.75, 3.05) is 12.4 Å². The Morgan fingerprint density at radius 2 is 1.95 bits per heavy atom. The van der Waals surface area contributed by atoms with Gasteiger partial charge in [0.1, 0.15) is 0 Å². The van der Waals surface area contributed by atoms with Crippen LogP contribution < -0.4 is 4.72 Å². The third kappa shape index (κ3) is 3.74. The van der Waals surface area contributed by atoms with Crippen molar-refractivity contribution in [2.24, 2.45) is 5.41 Å². The number of rotatable bonds is 5. The number of halogens is 1. The highest BCUT2D eigenvalue weighted by atomic mass is 35.5. The molecule has 0 unspecified atom stereocenters. The maximum absolute atomic E-state index is 12.3. The Kier molecular flexibility index (Phi) is 5.10. The van der Waals surface area contributed by atoms with Gasteiger partial charge in [0.2, 0.25) is 10.0 Å². The molecule has 1 aliphatic rings. The number of sulfonamides is 1. The van der Waals surface area contributed by atoms with Crippen LogP contribution in [0, 0.1) is 12.3 Å². The van der Waals surface area contributed by atoms with Gasteiger partial charge in [-0.2, -0.15) is 0 Å². The van der Waals surface area contributed by atoms with Gasteiger partial charge in [0.15, 0.2) is 0 Å². The smallest absolute Gasteiger partial charge is 0.211 e. The molecule has 0 amide bonds. The second kappa shape index (κ2) is 6.46. The van der Waals surface area contributed by atoms with E-state index in [0.29, 0.717) is 17.3 Å². The van der Waals surface area contributed by atoms with Gasteiger partial charge >= 0.3 is 0 Å². The van der Waals surface area contributed by atoms with Crippen LogP contribution in [0.15, 0.2) is 29.2 Å². The lowest BCUT2D eigenvalue weighted by molar-refractivity contribution is 0.223. The molecule has 0 heterocycles. The van der Waals surface area contributed by atoms with Crippen LogP contribution >= 0.6 is 11.6 Å². The van der Waals surface area contributed by atoms with Gasteiger partial charge in [-0.1, -0.05) is 31.4 Å². The summed E-state index contributed by atoms with van der Waals surface area (Å²) in [6.07, 6.45) is 5.51. The molecule has 0 bridgehead atoms. The van der Waals surface area contributed by atoms with Gasteiger partial charge in [-0.05, 0) is 42.9 Å². The van der Waals surface area contributed by atoms with Crippen molar-refractivity contribution in [3.63, 3.8) is 0 Å². The minimum Gasteiger partial charge on any atom is -0.211 e. The van der Waals surface area contributed by atoms with Crippen molar-refractivity contribution in [3.05, 3.63) is 29.8 Å². The first-order valence-corrected chi connectivity index (χ1v) is 9.12. The quantitative estimate of drug-likeness (QED) is 0.846. The molecule has 0 spiro atoms. The zero-order chi connectivity index (χ0) is 14.6. The van der Waals surface area contributed by atoms with Gasteiger partial charge < -0.3 is 0 Å². The topological polar surface area (TPSA) is 46.2 Å². The molecule has 0 atom stereocenters. The van der Waals surface area contributed by atoms with Gasteiger partial charge in [0.05, 0.1) is 4.90 Å². The summed E-state index contributed by atoms with van der Waals surface area (Å²) in [5, 5.41) is 0. The summed E-state index contributed by atoms with van der Waals surface area (Å²) in [5.74, 6) is 0.517. The molecule has 112 valence electrons. The Morgan fingerprint density at radius 1 is 1.25 bits per heavy atom. The summed E-state index contributed by atoms with van der Waals surface area (Å²) < 4.78 is 27.4. The third-order valence-electron chi connectivity index (χ3n) is 4.13. The summed E-state index contributed by atoms with van der Waals surface area (Å²) in [7, 11) is -3.44. The van der Waals surface area contributed by atoms with E-state index in [0.717, 1.165) is 31.2 Å². The van der Waals surface area contributed by atoms with Crippen LogP contribution in [0.25, 0.3) is 0 Å². The van der Waals surface area contributed by atoms with Crippen LogP contribution in [0.3, 0.4) is 0 Å². The molecule has 1 N–H and O–H groups in total. The maximum Gasteiger partial charge on any atom is 0.240 e. The highest BCUT2D eigenvalue weighted by Gasteiger charge is 2.32. The van der Waals surface area contributed by atoms with Crippen molar-refractivity contribution in [1.29, 1.82) is 0 Å². The number of aryl methyl sites for hydroxylation is 1. The zero-order valence-electron chi connectivity index (χ0n) is 11.9. The number of hydrogen-bond acceptors (Lipinski definition) is 2. The van der Waals surface area contributed by atoms with E-state index in [4.69, 9.17) is 11.6 Å². The van der Waals surface area contributed by atoms with E-state index in [1.807, 2.05) is 13.0 Å². The van der Waals surface area contributed by atoms with Crippen molar-refractivity contribution in [2.45, 2.75) is 43.9 Å². The number of benzene rings is 1. The van der Waals surface area contributed by atoms with E-state index in [1.54, 1.807) is 18.2 Å². The average molecular weight is 316 g/mol. The van der Waals surface area contributed by atoms with Gasteiger partial charge in [0, 0.05) is 12.4 Å². The molecule has 3 nitrogen and oxygen atoms in total. The van der Waals surface area contributed by atoms with Crippen molar-refractivity contribution < 1.29 is 8.42 Å². The second-order valence-electron chi connectivity index (χ2n) is 5.84. The fraction of sp³-hybridized carbons (Fsp3) is 0.600. The van der Waals surface area contributed by atoms with Crippen molar-refractivity contribution in [1.82, 2.24) is 4.72 Å². The number of hydrogen-bond donors (Lipinski definition) is 1. The summed E-state index contributed by atoms with van der Waals surface area (Å²) in [4.78, 5) is 0.332. The second-order valence-corrected chi connectivity index (χ2v) is 7.87. The summed E-state index contributed by atoms with van der Waals surface area (Å²) in [6.45, 7) is 2.33. The molecule has 1 aliphatic carbocycles. The number of alkyl halides is 1. The first-order chi connectivity index (χ1) is 9.47. The summed E-state index contributed by atoms with van der Waals surface area (Å²) in [5.41, 5.74) is 0.870. The van der Waals surface area contributed by atoms with Crippen LogP contribution in [-0.4, -0.2) is 20.8 Å². The maximum atomic E-state index is 12.3. The molecule has 0 radical (unpaired) electrons. The van der Waals surface area contributed by atoms with E-state index in [1.165, 1.54) is 6.42 Å². The van der Waals surface area contributed by atoms with Crippen molar-refractivity contribution in [3.8, 4) is 0 Å². The standard InChI is InChI=1S/C15H22ClNO2S/c1-13-6-5-7-14(10-13)20(18,19)17-12-15(11-16)8-3-2-4-9-15/h5-7,10,17H,2-4,8-9,11-12H2,1H3. The normalized spacial score (nSPS) is 18.9. The molecular weight excluding hydrogens is 294 g/mol. The first kappa shape index (κ1) is 15.8. The fourth-order valence-corrected chi connectivity index (χ4v) is 4.40. The lowest BCUT2D eigenvalue weighted by Crippen LogP contribution is -2.40. The SMILES string of the molecule is Cc1cccc(S(=O)(=O)NCC2(CCl)CCCCC2)c1. The first-order valence-electron chi connectivity index (χ1n) is 7.10. The Balaban J connectivity index is 2.08. The zero-order valence-corrected chi connectivity index (χ0v) is 13.4. The lowest BCUT2D eigenvalue weighted by Gasteiger charge is -2.35. The largest absolute Gasteiger partial charge is 0.240 e. The predicted octanol–water partition coefficient (Wildman–Crippen LogP) is 3.46. The monoisotopic (exact) mass is 315 g/mol. The third-order valence-corrected chi connectivity index (χ3v) is 6.10. The highest BCUT2D eigenvalue weighted by molar-refractivity contribution is 7.89. The van der Waals surface area contributed by atoms with E-state index in [2.05, 4.69) is 4.72 Å². The predicted molar refractivity (Wildman–Crippen MR) is 82.6 cm³/mol. The summed E-state index contributed by atoms with van der Waals surface area (Å²) in [6, 6.07) is 6.97. The number of nitrogens with one attached hydrogen (secondary N) is 1. The van der Waals surface area contributed by atoms with Gasteiger partial charge in [-0.25, -0.2) is 13.1 Å². The van der Waals surface area contributed by atoms with Crippen LogP contribution in [0.4, 0.5) is 0 Å². The lowest BCUT2D eigenvalue weighted by atomic mass is 9.76. The molecule has 0 aromatic heterocycles. The highest BCUT2D eigenvalue weighted by Crippen LogP contribution is 2.37. The molecule has 1 fully saturated rings. The van der Waals surface area contributed by atoms with E-state index in [-0.39, 0.29) is 5.41 Å². The molecule has 0 saturated heterocycles. The van der Waals surface area contributed by atoms with Gasteiger partial charge in [0.25, 0.3) is 0 Å². The van der Waals surface area contributed by atoms with Crippen molar-refractivity contribution >= 4 is 21.6 Å². The molecule has 5 heteroatoms. The average Bonchev–Trinajstić information content (AvgIpc) is 2.46. The van der Waals surface area contributed by atoms with E-state index >= 15 is 0 Å². The Labute approximate surface area is 126 Å². The van der Waals surface area contributed by atoms with Crippen LogP contribution in [0.1, 0.15) is 37.7 Å². The molecule has 1 aromatic carbocycles. The molecule has 0 aliphatic heterocycles. The fourth-order valence-electron chi connectivity index (χ4n) is 2.77. The van der Waals surface area contributed by atoms with Crippen LogP contribution in [0.2, 0.25) is 0 Å². The molecule has 2 rings (SSSR count). The molecule has 1 saturated carbocycles. The van der Waals surface area contributed by atoms with E-state index in [9.17, 15) is 8.42 Å². The Morgan fingerprint density at radius 3 is 2.55 bits per heavy atom. The van der Waals surface area contributed by atoms with Gasteiger partial charge in [-0.15, -0.1) is 11.6 Å². The summed E-state index contributed by atoms with van der Waals surface area (Å²) >= 11 is 6.10. The Bertz CT molecular complexity index is 551. The van der Waals surface area contributed by atoms with E-state index < -0.39 is 10.0 Å². The van der Waals surface area contributed by atoms with Gasteiger partial charge in [-0.3, -0.25) is 0 Å². The minimum atomic E-state index is -3.44.